The molecule has 1 aromatic carbocycles. The highest BCUT2D eigenvalue weighted by Gasteiger charge is 2.06. The quantitative estimate of drug-likeness (QED) is 0.309. The van der Waals surface area contributed by atoms with Crippen LogP contribution in [0.1, 0.15) is 11.1 Å². The van der Waals surface area contributed by atoms with E-state index in [0.29, 0.717) is 18.9 Å². The summed E-state index contributed by atoms with van der Waals surface area (Å²) in [6.07, 6.45) is 4.02. The highest BCUT2D eigenvalue weighted by Crippen LogP contribution is 2.19. The molecule has 0 aliphatic heterocycles. The lowest BCUT2D eigenvalue weighted by atomic mass is 10.1. The Morgan fingerprint density at radius 3 is 2.52 bits per heavy atom. The molecule has 2 aromatic heterocycles. The van der Waals surface area contributed by atoms with Crippen LogP contribution in [0.3, 0.4) is 0 Å². The number of aromatic nitrogens is 2. The van der Waals surface area contributed by atoms with E-state index in [9.17, 15) is 0 Å². The average molecular weight is 360 g/mol. The second kappa shape index (κ2) is 8.42. The van der Waals surface area contributed by atoms with E-state index in [1.165, 1.54) is 5.56 Å². The van der Waals surface area contributed by atoms with Crippen LogP contribution in [0.5, 0.6) is 0 Å². The van der Waals surface area contributed by atoms with E-state index in [-0.39, 0.29) is 5.49 Å². The van der Waals surface area contributed by atoms with Gasteiger partial charge >= 0.3 is 0 Å². The number of nitrogens with one attached hydrogen (secondary N) is 4. The first-order valence-electron chi connectivity index (χ1n) is 8.82. The predicted octanol–water partition coefficient (Wildman–Crippen LogP) is 2.99. The molecule has 0 saturated carbocycles. The van der Waals surface area contributed by atoms with Gasteiger partial charge in [0.2, 0.25) is 0 Å². The van der Waals surface area contributed by atoms with Crippen molar-refractivity contribution < 1.29 is 0 Å². The topological polar surface area (TPSA) is 89.6 Å². The Morgan fingerprint density at radius 2 is 1.81 bits per heavy atom. The summed E-state index contributed by atoms with van der Waals surface area (Å²) in [4.78, 5) is 4.29. The van der Waals surface area contributed by atoms with Gasteiger partial charge in [-0.25, -0.2) is 4.98 Å². The third-order valence-corrected chi connectivity index (χ3v) is 4.28. The molecule has 138 valence electrons. The third-order valence-electron chi connectivity index (χ3n) is 4.28. The van der Waals surface area contributed by atoms with Gasteiger partial charge in [0, 0.05) is 18.8 Å². The molecule has 3 rings (SSSR count). The number of nitrogens with zero attached hydrogens (tertiary/aromatic N) is 2. The van der Waals surface area contributed by atoms with Crippen LogP contribution in [0.25, 0.3) is 11.1 Å². The molecule has 2 heterocycles. The Balaban J connectivity index is 1.80. The summed E-state index contributed by atoms with van der Waals surface area (Å²) < 4.78 is 1.60. The van der Waals surface area contributed by atoms with Crippen molar-refractivity contribution in [1.29, 1.82) is 10.8 Å². The van der Waals surface area contributed by atoms with Crippen LogP contribution in [0.15, 0.2) is 60.9 Å². The summed E-state index contributed by atoms with van der Waals surface area (Å²) in [5.74, 6) is 1.15. The van der Waals surface area contributed by atoms with Crippen LogP contribution in [0.4, 0.5) is 5.82 Å². The molecule has 0 amide bonds. The van der Waals surface area contributed by atoms with Crippen molar-refractivity contribution >= 4 is 11.7 Å². The van der Waals surface area contributed by atoms with Gasteiger partial charge in [0.15, 0.2) is 0 Å². The fraction of sp³-hybridized carbons (Fsp3) is 0.190. The van der Waals surface area contributed by atoms with E-state index >= 15 is 0 Å². The second-order valence-electron chi connectivity index (χ2n) is 6.42. The predicted molar refractivity (Wildman–Crippen MR) is 109 cm³/mol. The molecule has 0 saturated heterocycles. The molecular formula is C21H24N6. The summed E-state index contributed by atoms with van der Waals surface area (Å²) in [6, 6.07) is 15.7. The normalized spacial score (nSPS) is 10.6. The number of rotatable bonds is 6. The minimum Gasteiger partial charge on any atom is -0.358 e. The van der Waals surface area contributed by atoms with Crippen LogP contribution in [-0.4, -0.2) is 29.1 Å². The van der Waals surface area contributed by atoms with E-state index in [1.807, 2.05) is 56.4 Å². The Morgan fingerprint density at radius 1 is 1.07 bits per heavy atom. The zero-order valence-corrected chi connectivity index (χ0v) is 15.6. The molecule has 0 spiro atoms. The maximum atomic E-state index is 8.36. The van der Waals surface area contributed by atoms with Crippen LogP contribution in [-0.2, 0) is 6.42 Å². The molecule has 0 unspecified atom stereocenters. The van der Waals surface area contributed by atoms with Crippen LogP contribution in [0.2, 0.25) is 0 Å². The lowest BCUT2D eigenvalue weighted by Crippen LogP contribution is -2.27. The molecule has 4 N–H and O–H groups in total. The van der Waals surface area contributed by atoms with E-state index in [2.05, 4.69) is 15.6 Å². The van der Waals surface area contributed by atoms with Crippen LogP contribution >= 0.6 is 0 Å². The summed E-state index contributed by atoms with van der Waals surface area (Å²) in [5, 5.41) is 22.9. The van der Waals surface area contributed by atoms with Crippen molar-refractivity contribution in [2.75, 3.05) is 19.0 Å². The Kier molecular flexibility index (Phi) is 5.78. The van der Waals surface area contributed by atoms with E-state index < -0.39 is 0 Å². The van der Waals surface area contributed by atoms with E-state index in [4.69, 9.17) is 10.8 Å². The standard InChI is InChI=1S/C21H24N6/c1-15-3-5-16(6-4-15)11-19(22)27-10-8-18(12-20(27)23)17-7-9-25-21(13-17)26-14-24-2/h3-10,12-13,22-24H,11,14H2,1-2H3,(H,25,26). The van der Waals surface area contributed by atoms with Crippen molar-refractivity contribution in [1.82, 2.24) is 14.9 Å². The van der Waals surface area contributed by atoms with Gasteiger partial charge in [0.1, 0.15) is 17.1 Å². The Labute approximate surface area is 158 Å². The molecule has 0 atom stereocenters. The number of benzene rings is 1. The van der Waals surface area contributed by atoms with Crippen molar-refractivity contribution in [2.45, 2.75) is 13.3 Å². The first-order chi connectivity index (χ1) is 13.1. The van der Waals surface area contributed by atoms with Crippen molar-refractivity contribution in [2.24, 2.45) is 0 Å². The molecule has 6 nitrogen and oxygen atoms in total. The first-order valence-corrected chi connectivity index (χ1v) is 8.82. The third kappa shape index (κ3) is 4.68. The van der Waals surface area contributed by atoms with Crippen LogP contribution < -0.4 is 16.1 Å². The lowest BCUT2D eigenvalue weighted by molar-refractivity contribution is 0.869. The Bertz CT molecular complexity index is 988. The maximum absolute atomic E-state index is 8.36. The van der Waals surface area contributed by atoms with Gasteiger partial charge in [-0.1, -0.05) is 29.8 Å². The number of hydrogen-bond donors (Lipinski definition) is 4. The van der Waals surface area contributed by atoms with Gasteiger partial charge < -0.3 is 10.6 Å². The monoisotopic (exact) mass is 360 g/mol. The van der Waals surface area contributed by atoms with Crippen LogP contribution in [0, 0.1) is 17.7 Å². The molecule has 27 heavy (non-hydrogen) atoms. The average Bonchev–Trinajstić information content (AvgIpc) is 2.68. The molecular weight excluding hydrogens is 336 g/mol. The zero-order valence-electron chi connectivity index (χ0n) is 15.6. The SMILES string of the molecule is CNCNc1cc(-c2ccn(C(=N)Cc3ccc(C)cc3)c(=N)c2)ccn1. The highest BCUT2D eigenvalue weighted by atomic mass is 15.1. The van der Waals surface area contributed by atoms with E-state index in [0.717, 1.165) is 22.5 Å². The minimum atomic E-state index is 0.283. The summed E-state index contributed by atoms with van der Waals surface area (Å²) in [6.45, 7) is 2.67. The number of hydrogen-bond acceptors (Lipinski definition) is 5. The van der Waals surface area contributed by atoms with Gasteiger partial charge in [-0.3, -0.25) is 15.4 Å². The first kappa shape index (κ1) is 18.5. The Hall–Kier alpha value is -3.25. The van der Waals surface area contributed by atoms with Crippen molar-refractivity contribution in [3.05, 3.63) is 77.5 Å². The molecule has 0 radical (unpaired) electrons. The van der Waals surface area contributed by atoms with Crippen molar-refractivity contribution in [3.63, 3.8) is 0 Å². The zero-order chi connectivity index (χ0) is 19.2. The molecule has 0 bridgehead atoms. The number of pyridine rings is 2. The van der Waals surface area contributed by atoms with Gasteiger partial charge in [-0.05, 0) is 54.9 Å². The summed E-state index contributed by atoms with van der Waals surface area (Å²) in [5.41, 5.74) is 4.45. The molecule has 0 fully saturated rings. The van der Waals surface area contributed by atoms with Gasteiger partial charge in [0.05, 0.1) is 6.67 Å². The maximum Gasteiger partial charge on any atom is 0.130 e. The molecule has 0 aliphatic carbocycles. The highest BCUT2D eigenvalue weighted by molar-refractivity contribution is 5.84. The fourth-order valence-corrected chi connectivity index (χ4v) is 2.79. The molecule has 6 heteroatoms. The minimum absolute atomic E-state index is 0.283. The smallest absolute Gasteiger partial charge is 0.130 e. The summed E-state index contributed by atoms with van der Waals surface area (Å²) >= 11 is 0. The van der Waals surface area contributed by atoms with Gasteiger partial charge in [-0.2, -0.15) is 0 Å². The van der Waals surface area contributed by atoms with Gasteiger partial charge in [0.25, 0.3) is 0 Å². The largest absolute Gasteiger partial charge is 0.358 e. The van der Waals surface area contributed by atoms with Gasteiger partial charge in [-0.15, -0.1) is 0 Å². The number of anilines is 1. The van der Waals surface area contributed by atoms with E-state index in [1.54, 1.807) is 23.0 Å². The molecule has 3 aromatic rings. The second-order valence-corrected chi connectivity index (χ2v) is 6.42. The number of aryl methyl sites for hydroxylation is 1. The fourth-order valence-electron chi connectivity index (χ4n) is 2.79. The lowest BCUT2D eigenvalue weighted by Gasteiger charge is -2.11. The molecule has 0 aliphatic rings. The van der Waals surface area contributed by atoms with Crippen molar-refractivity contribution in [3.8, 4) is 11.1 Å². The summed E-state index contributed by atoms with van der Waals surface area (Å²) in [7, 11) is 1.87.